The number of carbonyl (C=O) groups excluding carboxylic acids is 1. The molecule has 32 heavy (non-hydrogen) atoms. The van der Waals surface area contributed by atoms with Crippen molar-refractivity contribution in [3.63, 3.8) is 0 Å². The zero-order valence-electron chi connectivity index (χ0n) is 18.2. The van der Waals surface area contributed by atoms with E-state index in [1.165, 1.54) is 31.5 Å². The topological polar surface area (TPSA) is 69.7 Å². The van der Waals surface area contributed by atoms with Crippen LogP contribution in [-0.2, 0) is 20.4 Å². The van der Waals surface area contributed by atoms with Crippen LogP contribution in [0.5, 0.6) is 5.88 Å². The number of esters is 1. The fraction of sp³-hybridized carbons (Fsp3) is 0.391. The molecule has 172 valence electrons. The average Bonchev–Trinajstić information content (AvgIpc) is 2.72. The van der Waals surface area contributed by atoms with Crippen molar-refractivity contribution in [3.8, 4) is 5.88 Å². The first-order chi connectivity index (χ1) is 15.2. The van der Waals surface area contributed by atoms with Crippen LogP contribution in [0.15, 0.2) is 47.8 Å². The fourth-order valence-electron chi connectivity index (χ4n) is 3.73. The minimum atomic E-state index is -4.63. The number of fused-ring (bicyclic) bond motifs is 1. The Morgan fingerprint density at radius 1 is 1.22 bits per heavy atom. The summed E-state index contributed by atoms with van der Waals surface area (Å²) in [4.78, 5) is 17.3. The third-order valence-electron chi connectivity index (χ3n) is 4.85. The molecule has 0 saturated heterocycles. The van der Waals surface area contributed by atoms with E-state index >= 15 is 0 Å². The van der Waals surface area contributed by atoms with Gasteiger partial charge in [-0.15, -0.1) is 0 Å². The van der Waals surface area contributed by atoms with E-state index in [1.807, 2.05) is 0 Å². The Hall–Kier alpha value is -3.07. The van der Waals surface area contributed by atoms with Crippen LogP contribution in [0.3, 0.4) is 0 Å². The summed E-state index contributed by atoms with van der Waals surface area (Å²) in [5.74, 6) is -1.72. The molecule has 1 aromatic heterocycles. The number of aromatic nitrogens is 1. The molecular formula is C23H25F3N2O4. The quantitative estimate of drug-likeness (QED) is 0.605. The van der Waals surface area contributed by atoms with Crippen molar-refractivity contribution in [1.82, 2.24) is 4.98 Å². The number of nitrogens with one attached hydrogen (secondary N) is 1. The Bertz CT molecular complexity index is 1020. The van der Waals surface area contributed by atoms with Crippen LogP contribution in [0.4, 0.5) is 18.9 Å². The van der Waals surface area contributed by atoms with Gasteiger partial charge in [0, 0.05) is 24.6 Å². The summed E-state index contributed by atoms with van der Waals surface area (Å²) in [5, 5.41) is 3.11. The highest BCUT2D eigenvalue weighted by atomic mass is 19.4. The average molecular weight is 450 g/mol. The number of halogens is 3. The van der Waals surface area contributed by atoms with Crippen molar-refractivity contribution in [2.45, 2.75) is 39.0 Å². The number of anilines is 1. The van der Waals surface area contributed by atoms with Gasteiger partial charge in [-0.3, -0.25) is 0 Å². The first-order valence-corrected chi connectivity index (χ1v) is 10.2. The van der Waals surface area contributed by atoms with Crippen LogP contribution < -0.4 is 10.1 Å². The zero-order chi connectivity index (χ0) is 23.5. The summed E-state index contributed by atoms with van der Waals surface area (Å²) in [6.07, 6.45) is -3.43. The molecule has 1 unspecified atom stereocenters. The molecule has 0 bridgehead atoms. The molecule has 1 aliphatic heterocycles. The largest absolute Gasteiger partial charge is 0.475 e. The molecule has 3 rings (SSSR count). The second-order valence-corrected chi connectivity index (χ2v) is 7.43. The van der Waals surface area contributed by atoms with Gasteiger partial charge in [0.25, 0.3) is 0 Å². The van der Waals surface area contributed by atoms with Crippen LogP contribution in [0.2, 0.25) is 0 Å². The lowest BCUT2D eigenvalue weighted by Crippen LogP contribution is -2.29. The molecule has 0 spiro atoms. The van der Waals surface area contributed by atoms with Gasteiger partial charge in [0.2, 0.25) is 5.88 Å². The Kier molecular flexibility index (Phi) is 7.08. The van der Waals surface area contributed by atoms with Crippen molar-refractivity contribution in [2.75, 3.05) is 25.6 Å². The summed E-state index contributed by atoms with van der Waals surface area (Å²) in [7, 11) is 1.44. The molecule has 6 nitrogen and oxygen atoms in total. The Morgan fingerprint density at radius 3 is 2.56 bits per heavy atom. The van der Waals surface area contributed by atoms with Crippen molar-refractivity contribution < 1.29 is 32.2 Å². The van der Waals surface area contributed by atoms with Gasteiger partial charge in [-0.25, -0.2) is 9.78 Å². The van der Waals surface area contributed by atoms with Gasteiger partial charge in [0.05, 0.1) is 42.1 Å². The fourth-order valence-corrected chi connectivity index (χ4v) is 3.73. The number of carbonyl (C=O) groups is 1. The molecule has 9 heteroatoms. The number of hydrogen-bond acceptors (Lipinski definition) is 6. The molecule has 2 heterocycles. The van der Waals surface area contributed by atoms with E-state index in [1.54, 1.807) is 26.8 Å². The van der Waals surface area contributed by atoms with E-state index in [4.69, 9.17) is 14.2 Å². The number of alkyl halides is 3. The predicted octanol–water partition coefficient (Wildman–Crippen LogP) is 4.91. The van der Waals surface area contributed by atoms with Crippen molar-refractivity contribution >= 4 is 11.7 Å². The van der Waals surface area contributed by atoms with Gasteiger partial charge < -0.3 is 19.5 Å². The summed E-state index contributed by atoms with van der Waals surface area (Å²) in [6.45, 7) is 5.24. The van der Waals surface area contributed by atoms with E-state index in [2.05, 4.69) is 10.3 Å². The third-order valence-corrected chi connectivity index (χ3v) is 4.85. The Morgan fingerprint density at radius 2 is 1.94 bits per heavy atom. The Labute approximate surface area is 184 Å². The van der Waals surface area contributed by atoms with Gasteiger partial charge in [-0.2, -0.15) is 13.2 Å². The molecule has 1 aliphatic rings. The van der Waals surface area contributed by atoms with Gasteiger partial charge in [0.15, 0.2) is 0 Å². The van der Waals surface area contributed by atoms with Crippen LogP contribution in [-0.4, -0.2) is 37.4 Å². The highest BCUT2D eigenvalue weighted by Crippen LogP contribution is 2.49. The van der Waals surface area contributed by atoms with Gasteiger partial charge in [-0.1, -0.05) is 18.2 Å². The summed E-state index contributed by atoms with van der Waals surface area (Å²) in [5.41, 5.74) is 0.219. The van der Waals surface area contributed by atoms with E-state index in [9.17, 15) is 18.0 Å². The highest BCUT2D eigenvalue weighted by molar-refractivity contribution is 5.95. The van der Waals surface area contributed by atoms with Crippen molar-refractivity contribution in [3.05, 3.63) is 64.5 Å². The highest BCUT2D eigenvalue weighted by Gasteiger charge is 2.42. The van der Waals surface area contributed by atoms with Crippen LogP contribution in [0.25, 0.3) is 0 Å². The number of rotatable bonds is 7. The molecule has 1 aromatic carbocycles. The number of methoxy groups -OCH3 is 1. The first kappa shape index (κ1) is 23.6. The molecule has 1 atom stereocenters. The number of ether oxygens (including phenoxy) is 3. The predicted molar refractivity (Wildman–Crippen MR) is 112 cm³/mol. The minimum Gasteiger partial charge on any atom is -0.475 e. The van der Waals surface area contributed by atoms with Crippen LogP contribution in [0.1, 0.15) is 43.4 Å². The zero-order valence-corrected chi connectivity index (χ0v) is 18.2. The van der Waals surface area contributed by atoms with Gasteiger partial charge >= 0.3 is 12.1 Å². The second-order valence-electron chi connectivity index (χ2n) is 7.43. The molecule has 0 saturated carbocycles. The monoisotopic (exact) mass is 450 g/mol. The Balaban J connectivity index is 2.37. The first-order valence-electron chi connectivity index (χ1n) is 10.2. The molecule has 2 aromatic rings. The lowest BCUT2D eigenvalue weighted by molar-refractivity contribution is -0.140. The van der Waals surface area contributed by atoms with E-state index in [0.717, 1.165) is 6.07 Å². The SMILES string of the molecule is CCOC(=O)C1=C(COC)Nc2ccnc(OC(C)C)c2C1c1ccccc1C(F)(F)F. The molecule has 0 amide bonds. The van der Waals surface area contributed by atoms with E-state index in [-0.39, 0.29) is 36.3 Å². The third kappa shape index (κ3) is 4.72. The molecular weight excluding hydrogens is 425 g/mol. The molecule has 1 N–H and O–H groups in total. The maximum Gasteiger partial charge on any atom is 0.416 e. The standard InChI is InChI=1S/C23H25F3N2O4/c1-5-31-22(29)20-17(12-30-4)28-16-10-11-27-21(32-13(2)3)19(16)18(20)14-8-6-7-9-15(14)23(24,25)26/h6-11,13,18,28H,5,12H2,1-4H3. The van der Waals surface area contributed by atoms with Crippen molar-refractivity contribution in [1.29, 1.82) is 0 Å². The minimum absolute atomic E-state index is 0.0268. The van der Waals surface area contributed by atoms with Crippen LogP contribution in [0, 0.1) is 0 Å². The van der Waals surface area contributed by atoms with E-state index < -0.39 is 23.6 Å². The number of hydrogen-bond donors (Lipinski definition) is 1. The summed E-state index contributed by atoms with van der Waals surface area (Å²) >= 11 is 0. The number of nitrogens with zero attached hydrogens (tertiary/aromatic N) is 1. The normalized spacial score (nSPS) is 15.9. The number of benzene rings is 1. The van der Waals surface area contributed by atoms with Gasteiger partial charge in [-0.05, 0) is 38.5 Å². The lowest BCUT2D eigenvalue weighted by atomic mass is 9.79. The van der Waals surface area contributed by atoms with Crippen LogP contribution >= 0.6 is 0 Å². The second kappa shape index (κ2) is 9.60. The summed E-state index contributed by atoms with van der Waals surface area (Å²) in [6, 6.07) is 6.80. The van der Waals surface area contributed by atoms with E-state index in [0.29, 0.717) is 16.9 Å². The molecule has 0 radical (unpaired) electrons. The smallest absolute Gasteiger partial charge is 0.416 e. The summed E-state index contributed by atoms with van der Waals surface area (Å²) < 4.78 is 58.3. The van der Waals surface area contributed by atoms with Crippen molar-refractivity contribution in [2.24, 2.45) is 0 Å². The molecule has 0 aliphatic carbocycles. The van der Waals surface area contributed by atoms with Gasteiger partial charge in [0.1, 0.15) is 0 Å². The maximum atomic E-state index is 14.0. The number of pyridine rings is 1. The lowest BCUT2D eigenvalue weighted by Gasteiger charge is -2.33. The maximum absolute atomic E-state index is 14.0. The molecule has 0 fully saturated rings.